The minimum Gasteiger partial charge on any atom is -0.481 e. The van der Waals surface area contributed by atoms with Crippen molar-refractivity contribution < 1.29 is 112 Å². The standard InChI is InChI=1S/C72H116N20O23S2/c1-9-36(8)56(71(114)115)91-68(111)52(32-117)89-57(100)41(16-12-18-77-72(75)76)79-61(104)45(24-54(74)97)83-59(102)43(22-35(6)7)80-58(101)42(21-34(4)5)81-62(105)46(25-55(98)99)84-64(107)47(27-93)85-60(103)44(23-37-26-78-40-15-11-10-14-38(37)40)82-63(106)48(28-94)87-67(110)51(31-116)90-66(109)49(29-95)86-65(108)50(30-96)88-69(112)53-17-13-19-92(53)70(113)39(73)20-33(2)3/h10-11,14-15,26,33-36,39,41-53,56,78,93-96,116-117H,9,12-13,16-25,27-32,73H2,1-8H3,(H2,74,97)(H,79,104)(H,80,101)(H,81,105)(H,82,106)(H,83,102)(H,84,107)(H,85,103)(H,86,108)(H,87,110)(H,88,112)(H,89,100)(H,90,109)(H,91,111)(H,98,99)(H,114,115)(H4,75,76,77)/t36-,39-,41-,42-,43-,44-,45-,46-,47-,48-,49-,50-,51-,52-,53-,56-/m0/s1. The van der Waals surface area contributed by atoms with Crippen LogP contribution in [0.2, 0.25) is 0 Å². The van der Waals surface area contributed by atoms with E-state index in [0.717, 1.165) is 0 Å². The molecular formula is C72H116N20O23S2. The average Bonchev–Trinajstić information content (AvgIpc) is 1.70. The molecule has 3 rings (SSSR count). The number of benzene rings is 1. The van der Waals surface area contributed by atoms with Crippen molar-refractivity contribution in [1.29, 1.82) is 0 Å². The van der Waals surface area contributed by atoms with Crippen molar-refractivity contribution in [2.75, 3.05) is 51.0 Å². The molecule has 1 aromatic carbocycles. The summed E-state index contributed by atoms with van der Waals surface area (Å²) in [6.07, 6.45) is -0.372. The number of likely N-dealkylation sites (tertiary alicyclic amines) is 1. The number of carbonyl (C=O) groups is 17. The Balaban J connectivity index is 1.87. The van der Waals surface area contributed by atoms with Crippen molar-refractivity contribution in [3.63, 3.8) is 0 Å². The van der Waals surface area contributed by atoms with Gasteiger partial charge in [-0.1, -0.05) is 80.0 Å². The molecule has 0 aliphatic carbocycles. The van der Waals surface area contributed by atoms with Gasteiger partial charge in [0, 0.05) is 48.1 Å². The Labute approximate surface area is 686 Å². The van der Waals surface area contributed by atoms with E-state index >= 15 is 0 Å². The summed E-state index contributed by atoms with van der Waals surface area (Å²) in [6.45, 7) is 9.10. The molecule has 1 aliphatic rings. The first-order chi connectivity index (χ1) is 55.1. The lowest BCUT2D eigenvalue weighted by atomic mass is 9.99. The van der Waals surface area contributed by atoms with Crippen LogP contribution >= 0.6 is 25.3 Å². The van der Waals surface area contributed by atoms with Gasteiger partial charge in [0.15, 0.2) is 5.96 Å². The molecule has 2 heterocycles. The molecule has 1 fully saturated rings. The second kappa shape index (κ2) is 50.2. The number of para-hydroxylation sites is 1. The topological polar surface area (TPSA) is 703 Å². The normalized spacial score (nSPS) is 16.5. The first-order valence-corrected chi connectivity index (χ1v) is 39.3. The molecular weight excluding hydrogens is 1580 g/mol. The van der Waals surface area contributed by atoms with Crippen molar-refractivity contribution in [3.05, 3.63) is 36.0 Å². The summed E-state index contributed by atoms with van der Waals surface area (Å²) >= 11 is 8.29. The molecule has 0 saturated carbocycles. The van der Waals surface area contributed by atoms with E-state index in [1.807, 2.05) is 13.8 Å². The molecule has 0 bridgehead atoms. The number of carbonyl (C=O) groups excluding carboxylic acids is 15. The number of aliphatic carboxylic acids is 2. The number of rotatable bonds is 52. The third kappa shape index (κ3) is 33.2. The van der Waals surface area contributed by atoms with Crippen LogP contribution in [0, 0.1) is 23.7 Å². The third-order valence-electron chi connectivity index (χ3n) is 18.6. The highest BCUT2D eigenvalue weighted by atomic mass is 32.1. The van der Waals surface area contributed by atoms with Crippen molar-refractivity contribution >= 4 is 143 Å². The van der Waals surface area contributed by atoms with Crippen LogP contribution in [0.4, 0.5) is 0 Å². The SMILES string of the molecule is CC[C@H](C)[C@H](NC(=O)[C@H](CS)NC(=O)[C@H](CCCN=C(N)N)NC(=O)[C@H](CC(N)=O)NC(=O)[C@H](CC(C)C)NC(=O)[C@H](CC(C)C)NC(=O)[C@H](CC(=O)O)NC(=O)[C@H](CO)NC(=O)[C@H](Cc1c[nH]c2ccccc12)NC(=O)[C@H](CO)NC(=O)[C@H](CS)NC(=O)[C@H](CO)NC(=O)[C@H](CO)NC(=O)[C@@H]1CCCN1C(=O)[C@@H](N)CC(C)C)C(=O)O. The number of hydrogen-bond donors (Lipinski definition) is 26. The number of nitrogens with one attached hydrogen (secondary N) is 14. The lowest BCUT2D eigenvalue weighted by molar-refractivity contribution is -0.144. The summed E-state index contributed by atoms with van der Waals surface area (Å²) in [4.78, 5) is 240. The van der Waals surface area contributed by atoms with Gasteiger partial charge in [0.2, 0.25) is 88.6 Å². The number of primary amides is 1. The molecule has 28 N–H and O–H groups in total. The fraction of sp³-hybridized carbons (Fsp3) is 0.639. The summed E-state index contributed by atoms with van der Waals surface area (Å²) < 4.78 is 0. The minimum atomic E-state index is -2.11. The van der Waals surface area contributed by atoms with Gasteiger partial charge in [-0.15, -0.1) is 0 Å². The molecule has 1 aliphatic heterocycles. The Kier molecular flexibility index (Phi) is 43.2. The van der Waals surface area contributed by atoms with E-state index in [1.165, 1.54) is 11.1 Å². The van der Waals surface area contributed by atoms with Crippen molar-refractivity contribution in [2.45, 2.75) is 217 Å². The molecule has 117 heavy (non-hydrogen) atoms. The number of H-pyrrole nitrogens is 1. The number of aromatic amines is 1. The van der Waals surface area contributed by atoms with E-state index in [2.05, 4.69) is 104 Å². The van der Waals surface area contributed by atoms with Gasteiger partial charge in [-0.2, -0.15) is 25.3 Å². The van der Waals surface area contributed by atoms with Crippen LogP contribution < -0.4 is 92.1 Å². The molecule has 15 amide bonds. The van der Waals surface area contributed by atoms with Crippen molar-refractivity contribution in [3.8, 4) is 0 Å². The highest BCUT2D eigenvalue weighted by molar-refractivity contribution is 7.80. The van der Waals surface area contributed by atoms with Crippen LogP contribution in [-0.2, 0) is 87.9 Å². The van der Waals surface area contributed by atoms with Crippen LogP contribution in [-0.4, -0.2) is 289 Å². The maximum Gasteiger partial charge on any atom is 0.326 e. The van der Waals surface area contributed by atoms with E-state index in [4.69, 9.17) is 22.9 Å². The monoisotopic (exact) mass is 1690 g/mol. The van der Waals surface area contributed by atoms with Gasteiger partial charge in [0.05, 0.1) is 45.3 Å². The minimum absolute atomic E-state index is 0.0126. The number of carboxylic acids is 2. The molecule has 1 aromatic heterocycles. The zero-order valence-electron chi connectivity index (χ0n) is 66.5. The fourth-order valence-corrected chi connectivity index (χ4v) is 12.7. The van der Waals surface area contributed by atoms with E-state index in [-0.39, 0.29) is 62.8 Å². The maximum absolute atomic E-state index is 14.5. The number of aromatic nitrogens is 1. The lowest BCUT2D eigenvalue weighted by Gasteiger charge is -2.29. The van der Waals surface area contributed by atoms with E-state index in [9.17, 15) is 112 Å². The highest BCUT2D eigenvalue weighted by Gasteiger charge is 2.41. The predicted octanol–water partition coefficient (Wildman–Crippen LogP) is -8.17. The Bertz CT molecular complexity index is 3810. The average molecular weight is 1690 g/mol. The zero-order chi connectivity index (χ0) is 88.2. The van der Waals surface area contributed by atoms with Crippen molar-refractivity contribution in [2.24, 2.45) is 51.6 Å². The highest BCUT2D eigenvalue weighted by Crippen LogP contribution is 2.22. The number of aliphatic imine (C=N–C) groups is 1. The smallest absolute Gasteiger partial charge is 0.326 e. The van der Waals surface area contributed by atoms with Gasteiger partial charge in [-0.05, 0) is 80.2 Å². The van der Waals surface area contributed by atoms with Gasteiger partial charge >= 0.3 is 11.9 Å². The number of hydrogen-bond acceptors (Lipinski definition) is 25. The number of carboxylic acid groups (broad SMARTS) is 2. The maximum atomic E-state index is 14.5. The van der Waals surface area contributed by atoms with E-state index in [1.54, 1.807) is 65.8 Å². The first kappa shape index (κ1) is 101. The number of aliphatic hydroxyl groups is 4. The van der Waals surface area contributed by atoms with Crippen molar-refractivity contribution in [1.82, 2.24) is 79.0 Å². The predicted molar refractivity (Wildman–Crippen MR) is 427 cm³/mol. The number of guanidine groups is 1. The number of fused-ring (bicyclic) bond motifs is 1. The van der Waals surface area contributed by atoms with Crippen LogP contribution in [0.1, 0.15) is 125 Å². The molecule has 0 radical (unpaired) electrons. The van der Waals surface area contributed by atoms with Gasteiger partial charge in [-0.3, -0.25) is 81.7 Å². The molecule has 43 nitrogen and oxygen atoms in total. The molecule has 0 spiro atoms. The van der Waals surface area contributed by atoms with Crippen LogP contribution in [0.3, 0.4) is 0 Å². The second-order valence-corrected chi connectivity index (χ2v) is 30.2. The second-order valence-electron chi connectivity index (χ2n) is 29.5. The Morgan fingerprint density at radius 3 is 1.32 bits per heavy atom. The van der Waals surface area contributed by atoms with Gasteiger partial charge in [0.1, 0.15) is 84.6 Å². The Morgan fingerprint density at radius 2 is 0.889 bits per heavy atom. The number of amides is 15. The Hall–Kier alpha value is -10.5. The largest absolute Gasteiger partial charge is 0.481 e. The molecule has 45 heteroatoms. The Morgan fingerprint density at radius 1 is 0.504 bits per heavy atom. The third-order valence-corrected chi connectivity index (χ3v) is 19.3. The van der Waals surface area contributed by atoms with Gasteiger partial charge in [-0.25, -0.2) is 4.79 Å². The molecule has 0 unspecified atom stereocenters. The number of thiol groups is 2. The molecule has 654 valence electrons. The summed E-state index contributed by atoms with van der Waals surface area (Å²) in [5, 5.41) is 92.1. The summed E-state index contributed by atoms with van der Waals surface area (Å²) in [5.41, 5.74) is 23.5. The van der Waals surface area contributed by atoms with Gasteiger partial charge < -0.3 is 133 Å². The summed E-state index contributed by atoms with van der Waals surface area (Å²) in [6, 6.07) is -18.0. The quantitative estimate of drug-likeness (QED) is 0.0127. The van der Waals surface area contributed by atoms with E-state index in [0.29, 0.717) is 35.7 Å². The fourth-order valence-electron chi connectivity index (χ4n) is 12.2. The lowest BCUT2D eigenvalue weighted by Crippen LogP contribution is -2.62. The van der Waals surface area contributed by atoms with Crippen LogP contribution in [0.5, 0.6) is 0 Å². The molecule has 1 saturated heterocycles. The van der Waals surface area contributed by atoms with Crippen LogP contribution in [0.15, 0.2) is 35.5 Å². The molecule has 2 aromatic rings. The number of nitrogens with zero attached hydrogens (tertiary/aromatic N) is 2. The number of aliphatic hydroxyl groups excluding tert-OH is 4. The summed E-state index contributed by atoms with van der Waals surface area (Å²) in [7, 11) is 0. The number of nitrogens with two attached hydrogens (primary N) is 4. The van der Waals surface area contributed by atoms with Gasteiger partial charge in [0.25, 0.3) is 0 Å². The molecule has 16 atom stereocenters. The van der Waals surface area contributed by atoms with E-state index < -0.39 is 260 Å². The van der Waals surface area contributed by atoms with Crippen LogP contribution in [0.25, 0.3) is 10.9 Å². The summed E-state index contributed by atoms with van der Waals surface area (Å²) in [5.74, 6) is -22.2. The first-order valence-electron chi connectivity index (χ1n) is 38.1. The zero-order valence-corrected chi connectivity index (χ0v) is 68.3.